The van der Waals surface area contributed by atoms with Crippen LogP contribution in [0.15, 0.2) is 4.99 Å². The number of carbonyl (C=O) groups excluding carboxylic acids is 3. The van der Waals surface area contributed by atoms with Gasteiger partial charge in [0.05, 0.1) is 12.1 Å². The maximum Gasteiger partial charge on any atom is 0.326 e. The first-order chi connectivity index (χ1) is 15.3. The zero-order valence-corrected chi connectivity index (χ0v) is 18.5. The number of guanidine groups is 1. The number of rotatable bonds is 15. The van der Waals surface area contributed by atoms with Crippen LogP contribution in [0.1, 0.15) is 39.5 Å². The average Bonchev–Trinajstić information content (AvgIpc) is 2.70. The lowest BCUT2D eigenvalue weighted by molar-refractivity contribution is -0.143. The number of hydrogen-bond donors (Lipinski definition) is 9. The third-order valence-electron chi connectivity index (χ3n) is 4.38. The summed E-state index contributed by atoms with van der Waals surface area (Å²) < 4.78 is 0. The summed E-state index contributed by atoms with van der Waals surface area (Å²) in [5, 5.41) is 34.3. The normalized spacial score (nSPS) is 15.2. The van der Waals surface area contributed by atoms with Crippen LogP contribution in [-0.4, -0.2) is 87.8 Å². The molecule has 0 aromatic carbocycles. The molecule has 33 heavy (non-hydrogen) atoms. The van der Waals surface area contributed by atoms with Crippen molar-refractivity contribution in [2.75, 3.05) is 6.54 Å². The van der Waals surface area contributed by atoms with Gasteiger partial charge in [0.15, 0.2) is 5.96 Å². The van der Waals surface area contributed by atoms with Crippen molar-refractivity contribution in [3.8, 4) is 0 Å². The third-order valence-corrected chi connectivity index (χ3v) is 4.38. The molecule has 188 valence electrons. The van der Waals surface area contributed by atoms with Gasteiger partial charge in [-0.3, -0.25) is 24.2 Å². The first kappa shape index (κ1) is 29.5. The van der Waals surface area contributed by atoms with Gasteiger partial charge in [-0.1, -0.05) is 0 Å². The highest BCUT2D eigenvalue weighted by Crippen LogP contribution is 2.02. The Balaban J connectivity index is 4.91. The molecule has 5 unspecified atom stereocenters. The summed E-state index contributed by atoms with van der Waals surface area (Å²) in [6.07, 6.45) is -1.60. The van der Waals surface area contributed by atoms with Gasteiger partial charge >= 0.3 is 11.9 Å². The molecule has 0 aliphatic heterocycles. The molecule has 0 bridgehead atoms. The van der Waals surface area contributed by atoms with Gasteiger partial charge in [0.25, 0.3) is 0 Å². The molecular weight excluding hydrogens is 442 g/mol. The van der Waals surface area contributed by atoms with Crippen LogP contribution in [0.3, 0.4) is 0 Å². The van der Waals surface area contributed by atoms with E-state index in [2.05, 4.69) is 20.9 Å². The van der Waals surface area contributed by atoms with Crippen molar-refractivity contribution in [2.45, 2.75) is 69.8 Å². The topological polar surface area (TPSA) is 273 Å². The highest BCUT2D eigenvalue weighted by Gasteiger charge is 2.30. The number of aliphatic hydroxyl groups excluding tert-OH is 1. The lowest BCUT2D eigenvalue weighted by Crippen LogP contribution is -2.59. The molecule has 0 saturated heterocycles. The standard InChI is InChI=1S/C18H33N7O8/c1-8(14(29)24-11(17(32)33)5-6-12(27)28)23-16(31)13(9(2)26)25-15(30)10(19)4-3-7-22-18(20)21/h8-11,13,26H,3-7,19H2,1-2H3,(H,23,31)(H,24,29)(H,25,30)(H,27,28)(H,32,33)(H4,20,21,22). The minimum atomic E-state index is -1.47. The number of aliphatic hydroxyl groups is 1. The smallest absolute Gasteiger partial charge is 0.326 e. The number of carboxylic acid groups (broad SMARTS) is 2. The Labute approximate surface area is 190 Å². The molecule has 3 amide bonds. The van der Waals surface area contributed by atoms with Crippen LogP contribution in [0.4, 0.5) is 0 Å². The predicted molar refractivity (Wildman–Crippen MR) is 116 cm³/mol. The number of amides is 3. The molecule has 0 saturated carbocycles. The zero-order valence-electron chi connectivity index (χ0n) is 18.5. The van der Waals surface area contributed by atoms with Crippen LogP contribution in [0.2, 0.25) is 0 Å². The lowest BCUT2D eigenvalue weighted by atomic mass is 10.1. The van der Waals surface area contributed by atoms with Crippen molar-refractivity contribution >= 4 is 35.6 Å². The van der Waals surface area contributed by atoms with E-state index in [1.165, 1.54) is 13.8 Å². The highest BCUT2D eigenvalue weighted by atomic mass is 16.4. The number of aliphatic carboxylic acids is 2. The molecule has 15 nitrogen and oxygen atoms in total. The van der Waals surface area contributed by atoms with Crippen LogP contribution in [-0.2, 0) is 24.0 Å². The van der Waals surface area contributed by atoms with Crippen LogP contribution in [0, 0.1) is 0 Å². The zero-order chi connectivity index (χ0) is 25.7. The first-order valence-electron chi connectivity index (χ1n) is 10.1. The molecule has 0 radical (unpaired) electrons. The fourth-order valence-corrected chi connectivity index (χ4v) is 2.51. The van der Waals surface area contributed by atoms with E-state index in [9.17, 15) is 29.1 Å². The number of carboxylic acids is 2. The van der Waals surface area contributed by atoms with E-state index in [4.69, 9.17) is 27.4 Å². The van der Waals surface area contributed by atoms with Crippen LogP contribution < -0.4 is 33.2 Å². The molecule has 0 fully saturated rings. The Hall–Kier alpha value is -3.46. The van der Waals surface area contributed by atoms with E-state index < -0.39 is 66.4 Å². The second-order valence-corrected chi connectivity index (χ2v) is 7.34. The van der Waals surface area contributed by atoms with Crippen LogP contribution in [0.5, 0.6) is 0 Å². The highest BCUT2D eigenvalue weighted by molar-refractivity contribution is 5.94. The number of carbonyl (C=O) groups is 5. The second-order valence-electron chi connectivity index (χ2n) is 7.34. The quantitative estimate of drug-likeness (QED) is 0.0628. The van der Waals surface area contributed by atoms with E-state index in [-0.39, 0.29) is 25.3 Å². The third kappa shape index (κ3) is 12.2. The fraction of sp³-hybridized carbons (Fsp3) is 0.667. The largest absolute Gasteiger partial charge is 0.481 e. The van der Waals surface area contributed by atoms with Crippen molar-refractivity contribution in [2.24, 2.45) is 22.2 Å². The number of aliphatic imine (C=N–C) groups is 1. The molecule has 0 aliphatic carbocycles. The van der Waals surface area contributed by atoms with Crippen molar-refractivity contribution in [3.63, 3.8) is 0 Å². The van der Waals surface area contributed by atoms with Crippen molar-refractivity contribution in [1.82, 2.24) is 16.0 Å². The maximum absolute atomic E-state index is 12.5. The summed E-state index contributed by atoms with van der Waals surface area (Å²) in [4.78, 5) is 62.5. The minimum Gasteiger partial charge on any atom is -0.481 e. The van der Waals surface area contributed by atoms with Gasteiger partial charge in [0.1, 0.15) is 18.1 Å². The van der Waals surface area contributed by atoms with Gasteiger partial charge in [-0.25, -0.2) is 4.79 Å². The summed E-state index contributed by atoms with van der Waals surface area (Å²) in [5.74, 6) is -5.31. The van der Waals surface area contributed by atoms with Gasteiger partial charge < -0.3 is 48.5 Å². The molecular formula is C18H33N7O8. The van der Waals surface area contributed by atoms with Crippen molar-refractivity contribution in [1.29, 1.82) is 0 Å². The summed E-state index contributed by atoms with van der Waals surface area (Å²) in [6.45, 7) is 2.74. The van der Waals surface area contributed by atoms with Gasteiger partial charge in [-0.2, -0.15) is 0 Å². The SMILES string of the molecule is CC(NC(=O)C(NC(=O)C(N)CCCN=C(N)N)C(C)O)C(=O)NC(CCC(=O)O)C(=O)O. The number of nitrogens with zero attached hydrogens (tertiary/aromatic N) is 1. The Kier molecular flexibility index (Phi) is 13.0. The van der Waals surface area contributed by atoms with E-state index in [0.29, 0.717) is 6.42 Å². The van der Waals surface area contributed by atoms with E-state index in [0.717, 1.165) is 0 Å². The Bertz CT molecular complexity index is 739. The number of hydrogen-bond acceptors (Lipinski definition) is 8. The Morgan fingerprint density at radius 3 is 2.00 bits per heavy atom. The molecule has 0 aliphatic rings. The van der Waals surface area contributed by atoms with Gasteiger partial charge in [0.2, 0.25) is 17.7 Å². The van der Waals surface area contributed by atoms with E-state index in [1.807, 2.05) is 0 Å². The molecule has 5 atom stereocenters. The summed E-state index contributed by atoms with van der Waals surface area (Å²) in [6, 6.07) is -5.19. The molecule has 0 aromatic rings. The van der Waals surface area contributed by atoms with Gasteiger partial charge in [0, 0.05) is 13.0 Å². The molecule has 0 rings (SSSR count). The number of nitrogens with two attached hydrogens (primary N) is 3. The Morgan fingerprint density at radius 2 is 1.52 bits per heavy atom. The summed E-state index contributed by atoms with van der Waals surface area (Å²) in [7, 11) is 0. The maximum atomic E-state index is 12.5. The average molecular weight is 476 g/mol. The van der Waals surface area contributed by atoms with Crippen LogP contribution >= 0.6 is 0 Å². The summed E-state index contributed by atoms with van der Waals surface area (Å²) >= 11 is 0. The molecule has 0 spiro atoms. The van der Waals surface area contributed by atoms with E-state index in [1.54, 1.807) is 0 Å². The predicted octanol–water partition coefficient (Wildman–Crippen LogP) is -3.83. The summed E-state index contributed by atoms with van der Waals surface area (Å²) in [5.41, 5.74) is 16.2. The van der Waals surface area contributed by atoms with Gasteiger partial charge in [-0.15, -0.1) is 0 Å². The lowest BCUT2D eigenvalue weighted by Gasteiger charge is -2.25. The molecule has 12 N–H and O–H groups in total. The first-order valence-corrected chi connectivity index (χ1v) is 10.1. The fourth-order valence-electron chi connectivity index (χ4n) is 2.51. The molecule has 0 aromatic heterocycles. The molecule has 15 heteroatoms. The van der Waals surface area contributed by atoms with E-state index >= 15 is 0 Å². The molecule has 0 heterocycles. The number of nitrogens with one attached hydrogen (secondary N) is 3. The van der Waals surface area contributed by atoms with Crippen molar-refractivity contribution in [3.05, 3.63) is 0 Å². The second kappa shape index (κ2) is 14.6. The monoisotopic (exact) mass is 475 g/mol. The van der Waals surface area contributed by atoms with Crippen molar-refractivity contribution < 1.29 is 39.3 Å². The minimum absolute atomic E-state index is 0.103. The Morgan fingerprint density at radius 1 is 0.909 bits per heavy atom. The van der Waals surface area contributed by atoms with Gasteiger partial charge in [-0.05, 0) is 33.1 Å². The van der Waals surface area contributed by atoms with Crippen LogP contribution in [0.25, 0.3) is 0 Å².